The first kappa shape index (κ1) is 21.1. The number of hydrogen-bond acceptors (Lipinski definition) is 5. The van der Waals surface area contributed by atoms with Crippen molar-refractivity contribution in [1.29, 1.82) is 0 Å². The molecule has 0 aliphatic carbocycles. The third-order valence-electron chi connectivity index (χ3n) is 5.19. The summed E-state index contributed by atoms with van der Waals surface area (Å²) in [6, 6.07) is 10.1. The first-order chi connectivity index (χ1) is 14.9. The Kier molecular flexibility index (Phi) is 6.08. The van der Waals surface area contributed by atoms with Gasteiger partial charge < -0.3 is 19.9 Å². The smallest absolute Gasteiger partial charge is 0.319 e. The second-order valence-electron chi connectivity index (χ2n) is 7.64. The molecule has 7 nitrogen and oxygen atoms in total. The van der Waals surface area contributed by atoms with Gasteiger partial charge in [-0.15, -0.1) is 0 Å². The fourth-order valence-corrected chi connectivity index (χ4v) is 3.74. The van der Waals surface area contributed by atoms with Crippen LogP contribution >= 0.6 is 11.6 Å². The van der Waals surface area contributed by atoms with E-state index in [1.54, 1.807) is 25.1 Å². The molecule has 1 aliphatic rings. The van der Waals surface area contributed by atoms with E-state index >= 15 is 0 Å². The number of likely N-dealkylation sites (tertiary alicyclic amines) is 1. The normalized spacial score (nSPS) is 14.5. The zero-order valence-corrected chi connectivity index (χ0v) is 18.1. The maximum Gasteiger partial charge on any atom is 0.319 e. The summed E-state index contributed by atoms with van der Waals surface area (Å²) in [5.41, 5.74) is 1.38. The summed E-state index contributed by atoms with van der Waals surface area (Å²) in [4.78, 5) is 24.2. The van der Waals surface area contributed by atoms with Gasteiger partial charge in [0.1, 0.15) is 29.8 Å². The summed E-state index contributed by atoms with van der Waals surface area (Å²) in [6.45, 7) is 1.33. The average Bonchev–Trinajstić information content (AvgIpc) is 2.76. The molecule has 1 aliphatic heterocycles. The van der Waals surface area contributed by atoms with Crippen LogP contribution in [0.3, 0.4) is 0 Å². The van der Waals surface area contributed by atoms with Gasteiger partial charge in [0.2, 0.25) is 0 Å². The zero-order chi connectivity index (χ0) is 22.0. The highest BCUT2D eigenvalue weighted by Gasteiger charge is 2.25. The molecule has 162 valence electrons. The van der Waals surface area contributed by atoms with E-state index in [0.717, 1.165) is 23.7 Å². The number of rotatable bonds is 4. The number of urea groups is 1. The molecular weight excluding hydrogens is 421 g/mol. The molecule has 0 bridgehead atoms. The molecule has 1 aromatic heterocycles. The van der Waals surface area contributed by atoms with Crippen molar-refractivity contribution < 1.29 is 13.9 Å². The molecule has 0 radical (unpaired) electrons. The quantitative estimate of drug-likeness (QED) is 0.633. The number of hydrogen-bond donors (Lipinski definition) is 1. The van der Waals surface area contributed by atoms with E-state index in [1.165, 1.54) is 18.5 Å². The molecule has 1 fully saturated rings. The van der Waals surface area contributed by atoms with Gasteiger partial charge in [0.15, 0.2) is 0 Å². The minimum absolute atomic E-state index is 0.0258. The standard InChI is InChI=1S/C22H23ClFN5O2/c1-28(2)22(30)29-9-7-15(8-10-29)31-16-4-6-20-17(12-16)21(26-13-25-20)27-14-3-5-19(24)18(23)11-14/h3-6,11-13,15H,7-10H2,1-2H3,(H,25,26,27). The molecule has 9 heteroatoms. The predicted molar refractivity (Wildman–Crippen MR) is 119 cm³/mol. The molecule has 2 aromatic carbocycles. The Bertz CT molecular complexity index is 1100. The molecule has 4 rings (SSSR count). The molecule has 0 spiro atoms. The highest BCUT2D eigenvalue weighted by atomic mass is 35.5. The van der Waals surface area contributed by atoms with Crippen LogP contribution in [0.25, 0.3) is 10.9 Å². The number of carbonyl (C=O) groups excluding carboxylic acids is 1. The number of halogens is 2. The number of ether oxygens (including phenoxy) is 1. The molecule has 31 heavy (non-hydrogen) atoms. The molecule has 0 unspecified atom stereocenters. The minimum Gasteiger partial charge on any atom is -0.490 e. The number of piperidine rings is 1. The van der Waals surface area contributed by atoms with Gasteiger partial charge in [-0.2, -0.15) is 0 Å². The number of anilines is 2. The third-order valence-corrected chi connectivity index (χ3v) is 5.48. The molecular formula is C22H23ClFN5O2. The minimum atomic E-state index is -0.478. The number of nitrogens with one attached hydrogen (secondary N) is 1. The van der Waals surface area contributed by atoms with Crippen LogP contribution in [0.15, 0.2) is 42.7 Å². The van der Waals surface area contributed by atoms with Crippen LogP contribution in [0.1, 0.15) is 12.8 Å². The molecule has 0 saturated carbocycles. The van der Waals surface area contributed by atoms with Gasteiger partial charge in [0.05, 0.1) is 10.5 Å². The van der Waals surface area contributed by atoms with Crippen LogP contribution in [0.4, 0.5) is 20.7 Å². The predicted octanol–water partition coefficient (Wildman–Crippen LogP) is 4.69. The van der Waals surface area contributed by atoms with E-state index < -0.39 is 5.82 Å². The summed E-state index contributed by atoms with van der Waals surface area (Å²) < 4.78 is 19.6. The van der Waals surface area contributed by atoms with Crippen molar-refractivity contribution in [1.82, 2.24) is 19.8 Å². The highest BCUT2D eigenvalue weighted by molar-refractivity contribution is 6.31. The lowest BCUT2D eigenvalue weighted by Crippen LogP contribution is -2.46. The Morgan fingerprint density at radius 2 is 1.97 bits per heavy atom. The molecule has 1 saturated heterocycles. The second kappa shape index (κ2) is 8.93. The van der Waals surface area contributed by atoms with E-state index in [4.69, 9.17) is 16.3 Å². The summed E-state index contributed by atoms with van der Waals surface area (Å²) in [5, 5.41) is 3.98. The van der Waals surface area contributed by atoms with Crippen molar-refractivity contribution in [3.05, 3.63) is 53.6 Å². The molecule has 2 amide bonds. The largest absolute Gasteiger partial charge is 0.490 e. The van der Waals surface area contributed by atoms with Crippen LogP contribution in [0, 0.1) is 5.82 Å². The summed E-state index contributed by atoms with van der Waals surface area (Å²) in [7, 11) is 3.52. The van der Waals surface area contributed by atoms with Gasteiger partial charge in [-0.3, -0.25) is 0 Å². The monoisotopic (exact) mass is 443 g/mol. The SMILES string of the molecule is CN(C)C(=O)N1CCC(Oc2ccc3ncnc(Nc4ccc(F)c(Cl)c4)c3c2)CC1. The number of fused-ring (bicyclic) bond motifs is 1. The van der Waals surface area contributed by atoms with Crippen molar-refractivity contribution in [2.45, 2.75) is 18.9 Å². The second-order valence-corrected chi connectivity index (χ2v) is 8.04. The lowest BCUT2D eigenvalue weighted by atomic mass is 10.1. The van der Waals surface area contributed by atoms with E-state index in [0.29, 0.717) is 30.3 Å². The van der Waals surface area contributed by atoms with E-state index in [1.807, 2.05) is 23.1 Å². The Morgan fingerprint density at radius 1 is 1.19 bits per heavy atom. The van der Waals surface area contributed by atoms with Crippen molar-refractivity contribution in [2.75, 3.05) is 32.5 Å². The van der Waals surface area contributed by atoms with E-state index in [2.05, 4.69) is 15.3 Å². The third kappa shape index (κ3) is 4.80. The fraction of sp³-hybridized carbons (Fsp3) is 0.318. The Labute approximate surface area is 184 Å². The van der Waals surface area contributed by atoms with Crippen molar-refractivity contribution in [3.8, 4) is 5.75 Å². The van der Waals surface area contributed by atoms with Crippen LogP contribution in [0.2, 0.25) is 5.02 Å². The molecule has 0 atom stereocenters. The van der Waals surface area contributed by atoms with Crippen molar-refractivity contribution in [3.63, 3.8) is 0 Å². The van der Waals surface area contributed by atoms with Crippen LogP contribution in [0.5, 0.6) is 5.75 Å². The number of nitrogens with zero attached hydrogens (tertiary/aromatic N) is 4. The van der Waals surface area contributed by atoms with E-state index in [-0.39, 0.29) is 17.2 Å². The van der Waals surface area contributed by atoms with Gasteiger partial charge >= 0.3 is 6.03 Å². The van der Waals surface area contributed by atoms with Crippen LogP contribution in [-0.2, 0) is 0 Å². The Hall–Kier alpha value is -3.13. The van der Waals surface area contributed by atoms with Gasteiger partial charge in [-0.25, -0.2) is 19.2 Å². The van der Waals surface area contributed by atoms with Crippen LogP contribution < -0.4 is 10.1 Å². The number of carbonyl (C=O) groups is 1. The van der Waals surface area contributed by atoms with Gasteiger partial charge in [-0.05, 0) is 36.4 Å². The number of aromatic nitrogens is 2. The maximum atomic E-state index is 13.4. The van der Waals surface area contributed by atoms with Gasteiger partial charge in [0.25, 0.3) is 0 Å². The van der Waals surface area contributed by atoms with Crippen LogP contribution in [-0.4, -0.2) is 59.1 Å². The Balaban J connectivity index is 1.49. The molecule has 1 N–H and O–H groups in total. The number of benzene rings is 2. The first-order valence-corrected chi connectivity index (χ1v) is 10.4. The topological polar surface area (TPSA) is 70.6 Å². The van der Waals surface area contributed by atoms with Gasteiger partial charge in [0, 0.05) is 51.1 Å². The fourth-order valence-electron chi connectivity index (χ4n) is 3.56. The molecule has 3 aromatic rings. The average molecular weight is 444 g/mol. The van der Waals surface area contributed by atoms with E-state index in [9.17, 15) is 9.18 Å². The summed E-state index contributed by atoms with van der Waals surface area (Å²) >= 11 is 5.88. The van der Waals surface area contributed by atoms with Crippen molar-refractivity contribution in [2.24, 2.45) is 0 Å². The van der Waals surface area contributed by atoms with Gasteiger partial charge in [-0.1, -0.05) is 11.6 Å². The zero-order valence-electron chi connectivity index (χ0n) is 17.3. The highest BCUT2D eigenvalue weighted by Crippen LogP contribution is 2.29. The molecule has 2 heterocycles. The lowest BCUT2D eigenvalue weighted by molar-refractivity contribution is 0.101. The number of amides is 2. The maximum absolute atomic E-state index is 13.4. The van der Waals surface area contributed by atoms with Crippen molar-refractivity contribution >= 4 is 40.0 Å². The lowest BCUT2D eigenvalue weighted by Gasteiger charge is -2.33. The summed E-state index contributed by atoms with van der Waals surface area (Å²) in [6.07, 6.45) is 3.03. The summed E-state index contributed by atoms with van der Waals surface area (Å²) in [5.74, 6) is 0.804. The Morgan fingerprint density at radius 3 is 2.68 bits per heavy atom. The first-order valence-electron chi connectivity index (χ1n) is 10.0.